The van der Waals surface area contributed by atoms with Crippen molar-refractivity contribution in [3.05, 3.63) is 59.2 Å². The van der Waals surface area contributed by atoms with Crippen LogP contribution in [0.3, 0.4) is 0 Å². The molecule has 0 aliphatic rings. The SMILES string of the molecule is COc1cccc2c1nc(N)n1nc(CN(C)Cc3cc(F)ccc3C)nc21. The Balaban J connectivity index is 1.67. The molecule has 144 valence electrons. The number of methoxy groups -OCH3 is 1. The molecule has 0 aliphatic carbocycles. The average Bonchev–Trinajstić information content (AvgIpc) is 3.09. The van der Waals surface area contributed by atoms with Gasteiger partial charge in [-0.15, -0.1) is 5.10 Å². The van der Waals surface area contributed by atoms with Gasteiger partial charge in [-0.05, 0) is 49.4 Å². The van der Waals surface area contributed by atoms with Gasteiger partial charge in [0.2, 0.25) is 5.95 Å². The minimum atomic E-state index is -0.237. The number of fused-ring (bicyclic) bond motifs is 3. The number of ether oxygens (including phenoxy) is 1. The second-order valence-corrected chi connectivity index (χ2v) is 6.83. The van der Waals surface area contributed by atoms with E-state index in [1.165, 1.54) is 6.07 Å². The van der Waals surface area contributed by atoms with E-state index in [1.54, 1.807) is 23.8 Å². The van der Waals surface area contributed by atoms with Crippen molar-refractivity contribution < 1.29 is 9.13 Å². The van der Waals surface area contributed by atoms with E-state index in [4.69, 9.17) is 10.5 Å². The zero-order valence-electron chi connectivity index (χ0n) is 16.0. The maximum absolute atomic E-state index is 13.5. The van der Waals surface area contributed by atoms with Crippen molar-refractivity contribution in [3.63, 3.8) is 0 Å². The monoisotopic (exact) mass is 380 g/mol. The van der Waals surface area contributed by atoms with Gasteiger partial charge in [0.15, 0.2) is 11.5 Å². The summed E-state index contributed by atoms with van der Waals surface area (Å²) in [6.45, 7) is 3.04. The lowest BCUT2D eigenvalue weighted by atomic mass is 10.1. The standard InChI is InChI=1S/C20H21FN6O/c1-12-7-8-14(21)9-13(12)10-26(2)11-17-23-19-15-5-4-6-16(28-3)18(15)24-20(22)27(19)25-17/h4-9H,10-11H2,1-3H3,(H2,22,24). The Morgan fingerprint density at radius 1 is 1.18 bits per heavy atom. The number of aromatic nitrogens is 4. The molecule has 8 heteroatoms. The highest BCUT2D eigenvalue weighted by Gasteiger charge is 2.15. The number of para-hydroxylation sites is 1. The van der Waals surface area contributed by atoms with E-state index >= 15 is 0 Å². The molecule has 0 unspecified atom stereocenters. The molecule has 0 fully saturated rings. The fourth-order valence-electron chi connectivity index (χ4n) is 3.30. The Kier molecular flexibility index (Phi) is 4.56. The molecule has 0 saturated carbocycles. The molecule has 7 nitrogen and oxygen atoms in total. The summed E-state index contributed by atoms with van der Waals surface area (Å²) in [5, 5.41) is 5.32. The van der Waals surface area contributed by atoms with Crippen molar-refractivity contribution in [1.29, 1.82) is 0 Å². The number of aryl methyl sites for hydroxylation is 1. The van der Waals surface area contributed by atoms with Crippen LogP contribution in [-0.4, -0.2) is 38.6 Å². The molecule has 0 amide bonds. The topological polar surface area (TPSA) is 81.6 Å². The summed E-state index contributed by atoms with van der Waals surface area (Å²) in [6, 6.07) is 10.4. The van der Waals surface area contributed by atoms with Gasteiger partial charge in [0, 0.05) is 11.9 Å². The number of nitrogens with zero attached hydrogens (tertiary/aromatic N) is 5. The number of anilines is 1. The van der Waals surface area contributed by atoms with Crippen LogP contribution in [0, 0.1) is 12.7 Å². The second kappa shape index (κ2) is 7.05. The Hall–Kier alpha value is -3.26. The summed E-state index contributed by atoms with van der Waals surface area (Å²) < 4.78 is 20.5. The third-order valence-corrected chi connectivity index (χ3v) is 4.72. The van der Waals surface area contributed by atoms with Crippen molar-refractivity contribution in [3.8, 4) is 5.75 Å². The van der Waals surface area contributed by atoms with Crippen LogP contribution < -0.4 is 10.5 Å². The van der Waals surface area contributed by atoms with Crippen LogP contribution >= 0.6 is 0 Å². The van der Waals surface area contributed by atoms with Crippen LogP contribution in [0.15, 0.2) is 36.4 Å². The van der Waals surface area contributed by atoms with Gasteiger partial charge in [-0.3, -0.25) is 4.90 Å². The smallest absolute Gasteiger partial charge is 0.223 e. The van der Waals surface area contributed by atoms with Gasteiger partial charge in [-0.2, -0.15) is 4.52 Å². The van der Waals surface area contributed by atoms with E-state index in [0.717, 1.165) is 16.5 Å². The van der Waals surface area contributed by atoms with Crippen LogP contribution in [-0.2, 0) is 13.1 Å². The number of hydrogen-bond donors (Lipinski definition) is 1. The first-order valence-corrected chi connectivity index (χ1v) is 8.87. The molecule has 0 spiro atoms. The van der Waals surface area contributed by atoms with Gasteiger partial charge in [0.25, 0.3) is 0 Å². The first-order valence-electron chi connectivity index (χ1n) is 8.87. The number of benzene rings is 2. The average molecular weight is 380 g/mol. The van der Waals surface area contributed by atoms with Crippen molar-refractivity contribution in [2.75, 3.05) is 19.9 Å². The fourth-order valence-corrected chi connectivity index (χ4v) is 3.30. The molecule has 0 bridgehead atoms. The summed E-state index contributed by atoms with van der Waals surface area (Å²) in [6.07, 6.45) is 0. The zero-order chi connectivity index (χ0) is 19.8. The van der Waals surface area contributed by atoms with E-state index in [1.807, 2.05) is 37.1 Å². The van der Waals surface area contributed by atoms with Crippen LogP contribution in [0.1, 0.15) is 17.0 Å². The van der Waals surface area contributed by atoms with Crippen molar-refractivity contribution in [1.82, 2.24) is 24.5 Å². The number of hydrogen-bond acceptors (Lipinski definition) is 6. The molecule has 0 saturated heterocycles. The summed E-state index contributed by atoms with van der Waals surface area (Å²) >= 11 is 0. The summed E-state index contributed by atoms with van der Waals surface area (Å²) in [4.78, 5) is 11.1. The van der Waals surface area contributed by atoms with Gasteiger partial charge in [-0.1, -0.05) is 12.1 Å². The van der Waals surface area contributed by atoms with E-state index < -0.39 is 0 Å². The first kappa shape index (κ1) is 18.1. The van der Waals surface area contributed by atoms with E-state index in [2.05, 4.69) is 15.1 Å². The number of nitrogens with two attached hydrogens (primary N) is 1. The molecule has 2 N–H and O–H groups in total. The van der Waals surface area contributed by atoms with E-state index in [9.17, 15) is 4.39 Å². The van der Waals surface area contributed by atoms with E-state index in [0.29, 0.717) is 35.8 Å². The van der Waals surface area contributed by atoms with Gasteiger partial charge in [-0.25, -0.2) is 14.4 Å². The minimum absolute atomic E-state index is 0.237. The van der Waals surface area contributed by atoms with Crippen LogP contribution in [0.2, 0.25) is 0 Å². The van der Waals surface area contributed by atoms with Gasteiger partial charge >= 0.3 is 0 Å². The van der Waals surface area contributed by atoms with Gasteiger partial charge in [0.05, 0.1) is 13.7 Å². The van der Waals surface area contributed by atoms with E-state index in [-0.39, 0.29) is 11.8 Å². The fraction of sp³-hybridized carbons (Fsp3) is 0.250. The maximum atomic E-state index is 13.5. The Bertz CT molecular complexity index is 1170. The third kappa shape index (κ3) is 3.22. The number of halogens is 1. The highest BCUT2D eigenvalue weighted by molar-refractivity contribution is 5.95. The van der Waals surface area contributed by atoms with Crippen LogP contribution in [0.5, 0.6) is 5.75 Å². The molecule has 4 aromatic rings. The van der Waals surface area contributed by atoms with Crippen LogP contribution in [0.25, 0.3) is 16.6 Å². The molecule has 0 radical (unpaired) electrons. The Labute approximate surface area is 161 Å². The largest absolute Gasteiger partial charge is 0.494 e. The van der Waals surface area contributed by atoms with Gasteiger partial charge < -0.3 is 10.5 Å². The molecule has 28 heavy (non-hydrogen) atoms. The van der Waals surface area contributed by atoms with Crippen LogP contribution in [0.4, 0.5) is 10.3 Å². The molecule has 2 aromatic heterocycles. The third-order valence-electron chi connectivity index (χ3n) is 4.72. The summed E-state index contributed by atoms with van der Waals surface area (Å²) in [7, 11) is 3.54. The highest BCUT2D eigenvalue weighted by Crippen LogP contribution is 2.27. The van der Waals surface area contributed by atoms with Crippen molar-refractivity contribution in [2.24, 2.45) is 0 Å². The lowest BCUT2D eigenvalue weighted by Gasteiger charge is -2.16. The second-order valence-electron chi connectivity index (χ2n) is 6.83. The predicted molar refractivity (Wildman–Crippen MR) is 106 cm³/mol. The molecule has 2 heterocycles. The minimum Gasteiger partial charge on any atom is -0.494 e. The Morgan fingerprint density at radius 3 is 2.79 bits per heavy atom. The number of rotatable bonds is 5. The Morgan fingerprint density at radius 2 is 2.00 bits per heavy atom. The lowest BCUT2D eigenvalue weighted by Crippen LogP contribution is -2.19. The quantitative estimate of drug-likeness (QED) is 0.573. The number of nitrogen functional groups attached to an aromatic ring is 1. The first-order chi connectivity index (χ1) is 13.5. The molecular weight excluding hydrogens is 359 g/mol. The molecule has 0 aliphatic heterocycles. The molecular formula is C20H21FN6O. The van der Waals surface area contributed by atoms with Crippen molar-refractivity contribution in [2.45, 2.75) is 20.0 Å². The summed E-state index contributed by atoms with van der Waals surface area (Å²) in [5.41, 5.74) is 9.35. The molecule has 0 atom stereocenters. The van der Waals surface area contributed by atoms with Gasteiger partial charge in [0.1, 0.15) is 17.1 Å². The predicted octanol–water partition coefficient (Wildman–Crippen LogP) is 2.95. The summed E-state index contributed by atoms with van der Waals surface area (Å²) in [5.74, 6) is 1.25. The lowest BCUT2D eigenvalue weighted by molar-refractivity contribution is 0.309. The maximum Gasteiger partial charge on any atom is 0.223 e. The molecule has 2 aromatic carbocycles. The van der Waals surface area contributed by atoms with Crippen molar-refractivity contribution >= 4 is 22.5 Å². The zero-order valence-corrected chi connectivity index (χ0v) is 16.0. The normalized spacial score (nSPS) is 11.6. The highest BCUT2D eigenvalue weighted by atomic mass is 19.1. The molecule has 4 rings (SSSR count).